The van der Waals surface area contributed by atoms with Crippen molar-refractivity contribution in [3.8, 4) is 0 Å². The number of carboxylic acid groups (broad SMARTS) is 1. The smallest absolute Gasteiger partial charge is 0.336 e. The second-order valence-electron chi connectivity index (χ2n) is 5.19. The molecular formula is C16H19NO4. The Bertz CT molecular complexity index is 705. The summed E-state index contributed by atoms with van der Waals surface area (Å²) in [5.74, 6) is -0.869. The zero-order chi connectivity index (χ0) is 15.4. The number of benzene rings is 1. The van der Waals surface area contributed by atoms with Crippen molar-refractivity contribution in [3.05, 3.63) is 45.8 Å². The van der Waals surface area contributed by atoms with Gasteiger partial charge in [0.15, 0.2) is 0 Å². The Labute approximate surface area is 122 Å². The standard InChI is InChI=1S/C16H19NO4/c1-3-6-17(10-15(18)19)9-12-8-16(20)21-14-7-11(2)4-5-13(12)14/h4-5,7-8H,3,6,9-10H2,1-2H3,(H,18,19). The van der Waals surface area contributed by atoms with Gasteiger partial charge in [0.25, 0.3) is 0 Å². The first-order chi connectivity index (χ1) is 9.99. The maximum absolute atomic E-state index is 11.7. The Morgan fingerprint density at radius 2 is 2.10 bits per heavy atom. The van der Waals surface area contributed by atoms with Crippen LogP contribution in [0.2, 0.25) is 0 Å². The van der Waals surface area contributed by atoms with Crippen LogP contribution < -0.4 is 5.63 Å². The molecule has 0 fully saturated rings. The predicted octanol–water partition coefficient (Wildman–Crippen LogP) is 2.40. The Morgan fingerprint density at radius 1 is 1.33 bits per heavy atom. The second-order valence-corrected chi connectivity index (χ2v) is 5.19. The first-order valence-corrected chi connectivity index (χ1v) is 6.97. The monoisotopic (exact) mass is 289 g/mol. The summed E-state index contributed by atoms with van der Waals surface area (Å²) < 4.78 is 5.22. The van der Waals surface area contributed by atoms with E-state index in [0.717, 1.165) is 22.9 Å². The molecule has 5 nitrogen and oxygen atoms in total. The van der Waals surface area contributed by atoms with E-state index in [2.05, 4.69) is 0 Å². The molecule has 1 aromatic carbocycles. The van der Waals surface area contributed by atoms with E-state index in [1.165, 1.54) is 6.07 Å². The molecule has 0 aliphatic heterocycles. The third-order valence-corrected chi connectivity index (χ3v) is 3.28. The molecule has 0 bridgehead atoms. The Morgan fingerprint density at radius 3 is 2.76 bits per heavy atom. The van der Waals surface area contributed by atoms with Gasteiger partial charge in [-0.15, -0.1) is 0 Å². The van der Waals surface area contributed by atoms with Crippen molar-refractivity contribution in [1.29, 1.82) is 0 Å². The zero-order valence-corrected chi connectivity index (χ0v) is 12.3. The molecule has 1 heterocycles. The molecule has 0 aliphatic carbocycles. The molecule has 0 saturated heterocycles. The molecular weight excluding hydrogens is 270 g/mol. The SMILES string of the molecule is CCCN(CC(=O)O)Cc1cc(=O)oc2cc(C)ccc12. The number of carboxylic acids is 1. The van der Waals surface area contributed by atoms with Crippen LogP contribution >= 0.6 is 0 Å². The molecule has 112 valence electrons. The van der Waals surface area contributed by atoms with Gasteiger partial charge in [-0.25, -0.2) is 4.79 Å². The number of aryl methyl sites for hydroxylation is 1. The van der Waals surface area contributed by atoms with Crippen molar-refractivity contribution in [2.75, 3.05) is 13.1 Å². The van der Waals surface area contributed by atoms with Crippen LogP contribution in [0.3, 0.4) is 0 Å². The fourth-order valence-corrected chi connectivity index (χ4v) is 2.43. The largest absolute Gasteiger partial charge is 0.480 e. The molecule has 0 radical (unpaired) electrons. The molecule has 1 N–H and O–H groups in total. The highest BCUT2D eigenvalue weighted by Crippen LogP contribution is 2.20. The van der Waals surface area contributed by atoms with Gasteiger partial charge in [-0.3, -0.25) is 9.69 Å². The number of carbonyl (C=O) groups is 1. The Hall–Kier alpha value is -2.14. The van der Waals surface area contributed by atoms with Crippen LogP contribution in [-0.2, 0) is 11.3 Å². The first-order valence-electron chi connectivity index (χ1n) is 6.97. The topological polar surface area (TPSA) is 70.8 Å². The van der Waals surface area contributed by atoms with E-state index in [1.807, 2.05) is 36.9 Å². The molecule has 2 aromatic rings. The normalized spacial score (nSPS) is 11.2. The van der Waals surface area contributed by atoms with Gasteiger partial charge in [-0.2, -0.15) is 0 Å². The van der Waals surface area contributed by atoms with Crippen LogP contribution in [0.15, 0.2) is 33.5 Å². The third-order valence-electron chi connectivity index (χ3n) is 3.28. The molecule has 21 heavy (non-hydrogen) atoms. The highest BCUT2D eigenvalue weighted by molar-refractivity contribution is 5.80. The van der Waals surface area contributed by atoms with E-state index in [4.69, 9.17) is 9.52 Å². The second kappa shape index (κ2) is 6.54. The molecule has 2 rings (SSSR count). The molecule has 0 saturated carbocycles. The summed E-state index contributed by atoms with van der Waals surface area (Å²) in [4.78, 5) is 24.4. The number of nitrogens with zero attached hydrogens (tertiary/aromatic N) is 1. The van der Waals surface area contributed by atoms with Crippen LogP contribution in [0.5, 0.6) is 0 Å². The van der Waals surface area contributed by atoms with Gasteiger partial charge < -0.3 is 9.52 Å². The summed E-state index contributed by atoms with van der Waals surface area (Å²) >= 11 is 0. The number of hydrogen-bond acceptors (Lipinski definition) is 4. The van der Waals surface area contributed by atoms with Crippen molar-refractivity contribution >= 4 is 16.9 Å². The summed E-state index contributed by atoms with van der Waals surface area (Å²) in [5, 5.41) is 9.82. The van der Waals surface area contributed by atoms with Crippen LogP contribution in [0.4, 0.5) is 0 Å². The minimum atomic E-state index is -0.869. The van der Waals surface area contributed by atoms with E-state index in [1.54, 1.807) is 0 Å². The van der Waals surface area contributed by atoms with E-state index in [-0.39, 0.29) is 6.54 Å². The van der Waals surface area contributed by atoms with Crippen LogP contribution in [0, 0.1) is 6.92 Å². The summed E-state index contributed by atoms with van der Waals surface area (Å²) in [6.07, 6.45) is 0.853. The summed E-state index contributed by atoms with van der Waals surface area (Å²) in [6.45, 7) is 4.97. The molecule has 0 atom stereocenters. The number of rotatable bonds is 6. The predicted molar refractivity (Wildman–Crippen MR) is 80.4 cm³/mol. The fourth-order valence-electron chi connectivity index (χ4n) is 2.43. The molecule has 0 unspecified atom stereocenters. The minimum Gasteiger partial charge on any atom is -0.480 e. The zero-order valence-electron chi connectivity index (χ0n) is 12.3. The molecule has 0 aliphatic rings. The average molecular weight is 289 g/mol. The van der Waals surface area contributed by atoms with Crippen molar-refractivity contribution in [1.82, 2.24) is 4.90 Å². The van der Waals surface area contributed by atoms with Crippen molar-refractivity contribution in [3.63, 3.8) is 0 Å². The van der Waals surface area contributed by atoms with Gasteiger partial charge in [0.05, 0.1) is 6.54 Å². The van der Waals surface area contributed by atoms with E-state index in [0.29, 0.717) is 18.7 Å². The lowest BCUT2D eigenvalue weighted by molar-refractivity contribution is -0.138. The lowest BCUT2D eigenvalue weighted by atomic mass is 10.1. The Balaban J connectivity index is 2.40. The average Bonchev–Trinajstić information content (AvgIpc) is 2.37. The van der Waals surface area contributed by atoms with Crippen LogP contribution in [0.25, 0.3) is 11.0 Å². The maximum Gasteiger partial charge on any atom is 0.336 e. The summed E-state index contributed by atoms with van der Waals surface area (Å²) in [5.41, 5.74) is 1.95. The van der Waals surface area contributed by atoms with Crippen molar-refractivity contribution < 1.29 is 14.3 Å². The molecule has 1 aromatic heterocycles. The highest BCUT2D eigenvalue weighted by atomic mass is 16.4. The van der Waals surface area contributed by atoms with Gasteiger partial charge in [-0.1, -0.05) is 19.1 Å². The number of fused-ring (bicyclic) bond motifs is 1. The highest BCUT2D eigenvalue weighted by Gasteiger charge is 2.13. The fraction of sp³-hybridized carbons (Fsp3) is 0.375. The quantitative estimate of drug-likeness (QED) is 0.827. The lowest BCUT2D eigenvalue weighted by Crippen LogP contribution is -2.30. The Kier molecular flexibility index (Phi) is 4.75. The number of aliphatic carboxylic acids is 1. The molecule has 0 spiro atoms. The van der Waals surface area contributed by atoms with E-state index < -0.39 is 11.6 Å². The molecule has 0 amide bonds. The van der Waals surface area contributed by atoms with Gasteiger partial charge in [-0.05, 0) is 37.1 Å². The molecule has 5 heteroatoms. The van der Waals surface area contributed by atoms with Gasteiger partial charge >= 0.3 is 11.6 Å². The van der Waals surface area contributed by atoms with E-state index >= 15 is 0 Å². The van der Waals surface area contributed by atoms with Gasteiger partial charge in [0.2, 0.25) is 0 Å². The minimum absolute atomic E-state index is 0.0403. The summed E-state index contributed by atoms with van der Waals surface area (Å²) in [7, 11) is 0. The number of hydrogen-bond donors (Lipinski definition) is 1. The van der Waals surface area contributed by atoms with E-state index in [9.17, 15) is 9.59 Å². The van der Waals surface area contributed by atoms with Crippen molar-refractivity contribution in [2.45, 2.75) is 26.8 Å². The summed E-state index contributed by atoms with van der Waals surface area (Å²) in [6, 6.07) is 7.13. The first kappa shape index (κ1) is 15.3. The third kappa shape index (κ3) is 3.92. The van der Waals surface area contributed by atoms with Crippen molar-refractivity contribution in [2.24, 2.45) is 0 Å². The van der Waals surface area contributed by atoms with Gasteiger partial charge in [0.1, 0.15) is 5.58 Å². The lowest BCUT2D eigenvalue weighted by Gasteiger charge is -2.20. The van der Waals surface area contributed by atoms with Crippen LogP contribution in [0.1, 0.15) is 24.5 Å². The van der Waals surface area contributed by atoms with Gasteiger partial charge in [0, 0.05) is 18.0 Å². The maximum atomic E-state index is 11.7. The van der Waals surface area contributed by atoms with Crippen LogP contribution in [-0.4, -0.2) is 29.1 Å².